The number of rotatable bonds is 3. The Balaban J connectivity index is 1.28. The summed E-state index contributed by atoms with van der Waals surface area (Å²) in [5.74, 6) is 2.38. The van der Waals surface area contributed by atoms with E-state index in [4.69, 9.17) is 21.1 Å². The van der Waals surface area contributed by atoms with E-state index in [1.54, 1.807) is 11.0 Å². The number of halogens is 1. The molecule has 9 heteroatoms. The second-order valence-corrected chi connectivity index (χ2v) is 7.83. The Kier molecular flexibility index (Phi) is 4.89. The predicted octanol–water partition coefficient (Wildman–Crippen LogP) is 2.50. The third-order valence-corrected chi connectivity index (χ3v) is 5.73. The van der Waals surface area contributed by atoms with Crippen molar-refractivity contribution < 1.29 is 9.47 Å². The second kappa shape index (κ2) is 7.68. The molecule has 2 aromatic heterocycles. The Morgan fingerprint density at radius 2 is 1.90 bits per heavy atom. The summed E-state index contributed by atoms with van der Waals surface area (Å²) < 4.78 is 13.3. The molecule has 4 heterocycles. The number of hydrogen-bond donors (Lipinski definition) is 0. The lowest BCUT2D eigenvalue weighted by Gasteiger charge is -2.35. The zero-order valence-electron chi connectivity index (χ0n) is 16.3. The van der Waals surface area contributed by atoms with Gasteiger partial charge in [-0.3, -0.25) is 9.58 Å². The third kappa shape index (κ3) is 3.58. The van der Waals surface area contributed by atoms with Crippen LogP contribution in [0.25, 0.3) is 11.0 Å². The van der Waals surface area contributed by atoms with Crippen molar-refractivity contribution in [3.8, 4) is 11.5 Å². The maximum Gasteiger partial charge on any atom is 0.179 e. The monoisotopic (exact) mass is 414 g/mol. The average molecular weight is 415 g/mol. The van der Waals surface area contributed by atoms with Crippen molar-refractivity contribution >= 4 is 28.5 Å². The fourth-order valence-corrected chi connectivity index (χ4v) is 4.24. The predicted molar refractivity (Wildman–Crippen MR) is 111 cm³/mol. The molecule has 0 spiro atoms. The molecule has 0 N–H and O–H groups in total. The molecule has 0 unspecified atom stereocenters. The summed E-state index contributed by atoms with van der Waals surface area (Å²) in [6, 6.07) is 4.05. The summed E-state index contributed by atoms with van der Waals surface area (Å²) in [5, 5.41) is 5.94. The fraction of sp³-hybridized carbons (Fsp3) is 0.450. The van der Waals surface area contributed by atoms with Gasteiger partial charge >= 0.3 is 0 Å². The fourth-order valence-electron chi connectivity index (χ4n) is 3.95. The number of benzene rings is 1. The van der Waals surface area contributed by atoms with Crippen LogP contribution in [0.15, 0.2) is 24.7 Å². The van der Waals surface area contributed by atoms with E-state index in [1.807, 2.05) is 19.3 Å². The molecule has 0 bridgehead atoms. The largest absolute Gasteiger partial charge is 0.489 e. The average Bonchev–Trinajstić information content (AvgIpc) is 2.95. The number of fused-ring (bicyclic) bond motifs is 2. The molecule has 1 aromatic carbocycles. The molecule has 1 saturated heterocycles. The number of piperazine rings is 1. The quantitative estimate of drug-likeness (QED) is 0.652. The van der Waals surface area contributed by atoms with Crippen LogP contribution in [0.5, 0.6) is 11.5 Å². The summed E-state index contributed by atoms with van der Waals surface area (Å²) >= 11 is 6.44. The topological polar surface area (TPSA) is 68.5 Å². The number of anilines is 1. The summed E-state index contributed by atoms with van der Waals surface area (Å²) in [4.78, 5) is 13.6. The molecule has 0 radical (unpaired) electrons. The molecular formula is C20H23ClN6O2. The molecule has 2 aliphatic heterocycles. The van der Waals surface area contributed by atoms with Crippen LogP contribution in [0, 0.1) is 0 Å². The van der Waals surface area contributed by atoms with Gasteiger partial charge in [0.15, 0.2) is 17.1 Å². The minimum atomic E-state index is 0.623. The maximum absolute atomic E-state index is 6.44. The number of nitrogens with zero attached hydrogens (tertiary/aromatic N) is 6. The summed E-state index contributed by atoms with van der Waals surface area (Å²) in [7, 11) is 1.90. The van der Waals surface area contributed by atoms with Gasteiger partial charge in [0.05, 0.1) is 29.8 Å². The third-order valence-electron chi connectivity index (χ3n) is 5.45. The molecular weight excluding hydrogens is 392 g/mol. The summed E-state index contributed by atoms with van der Waals surface area (Å²) in [5.41, 5.74) is 2.00. The zero-order valence-corrected chi connectivity index (χ0v) is 17.1. The van der Waals surface area contributed by atoms with Crippen LogP contribution >= 0.6 is 11.6 Å². The highest BCUT2D eigenvalue weighted by Gasteiger charge is 2.22. The normalized spacial score (nSPS) is 17.5. The van der Waals surface area contributed by atoms with Crippen LogP contribution < -0.4 is 14.4 Å². The highest BCUT2D eigenvalue weighted by Crippen LogP contribution is 2.38. The minimum Gasteiger partial charge on any atom is -0.489 e. The first-order valence-electron chi connectivity index (χ1n) is 9.87. The molecule has 8 nitrogen and oxygen atoms in total. The standard InChI is InChI=1S/C20H23ClN6O2/c1-25-19-15(11-24-25)20(23-13-22-19)27-5-3-26(4-6-27)12-14-9-16(21)18-17(10-14)28-7-2-8-29-18/h9-11,13H,2-8,12H2,1H3. The van der Waals surface area contributed by atoms with E-state index in [9.17, 15) is 0 Å². The van der Waals surface area contributed by atoms with Crippen LogP contribution in [0.1, 0.15) is 12.0 Å². The van der Waals surface area contributed by atoms with Gasteiger partial charge in [-0.25, -0.2) is 9.97 Å². The number of ether oxygens (including phenoxy) is 2. The van der Waals surface area contributed by atoms with E-state index in [0.29, 0.717) is 24.0 Å². The minimum absolute atomic E-state index is 0.623. The van der Waals surface area contributed by atoms with Gasteiger partial charge in [0, 0.05) is 46.2 Å². The van der Waals surface area contributed by atoms with Crippen LogP contribution in [0.4, 0.5) is 5.82 Å². The molecule has 2 aliphatic rings. The van der Waals surface area contributed by atoms with Crippen molar-refractivity contribution in [1.29, 1.82) is 0 Å². The first-order valence-corrected chi connectivity index (χ1v) is 10.2. The van der Waals surface area contributed by atoms with Crippen LogP contribution in [-0.4, -0.2) is 64.0 Å². The van der Waals surface area contributed by atoms with Gasteiger partial charge in [0.2, 0.25) is 0 Å². The first kappa shape index (κ1) is 18.4. The van der Waals surface area contributed by atoms with E-state index < -0.39 is 0 Å². The molecule has 152 valence electrons. The lowest BCUT2D eigenvalue weighted by molar-refractivity contribution is 0.249. The molecule has 0 atom stereocenters. The maximum atomic E-state index is 6.44. The van der Waals surface area contributed by atoms with E-state index >= 15 is 0 Å². The number of hydrogen-bond acceptors (Lipinski definition) is 7. The van der Waals surface area contributed by atoms with Gasteiger partial charge in [0.1, 0.15) is 12.1 Å². The molecule has 0 amide bonds. The SMILES string of the molecule is Cn1ncc2c(N3CCN(Cc4cc(Cl)c5c(c4)OCCCO5)CC3)ncnc21. The Hall–Kier alpha value is -2.58. The Morgan fingerprint density at radius 3 is 2.76 bits per heavy atom. The highest BCUT2D eigenvalue weighted by molar-refractivity contribution is 6.32. The van der Waals surface area contributed by atoms with E-state index in [-0.39, 0.29) is 0 Å². The molecule has 0 aliphatic carbocycles. The van der Waals surface area contributed by atoms with Gasteiger partial charge in [-0.2, -0.15) is 5.10 Å². The Bertz CT molecular complexity index is 1030. The van der Waals surface area contributed by atoms with Crippen molar-refractivity contribution in [2.75, 3.05) is 44.3 Å². The van der Waals surface area contributed by atoms with E-state index in [0.717, 1.165) is 67.3 Å². The van der Waals surface area contributed by atoms with Crippen molar-refractivity contribution in [2.24, 2.45) is 7.05 Å². The Morgan fingerprint density at radius 1 is 1.07 bits per heavy atom. The van der Waals surface area contributed by atoms with Gasteiger partial charge in [-0.15, -0.1) is 0 Å². The van der Waals surface area contributed by atoms with Gasteiger partial charge in [0.25, 0.3) is 0 Å². The molecule has 29 heavy (non-hydrogen) atoms. The molecule has 3 aromatic rings. The summed E-state index contributed by atoms with van der Waals surface area (Å²) in [6.07, 6.45) is 4.33. The number of aryl methyl sites for hydroxylation is 1. The van der Waals surface area contributed by atoms with Crippen LogP contribution in [0.3, 0.4) is 0 Å². The van der Waals surface area contributed by atoms with Crippen molar-refractivity contribution in [2.45, 2.75) is 13.0 Å². The number of aromatic nitrogens is 4. The van der Waals surface area contributed by atoms with E-state index in [2.05, 4.69) is 30.9 Å². The lowest BCUT2D eigenvalue weighted by Crippen LogP contribution is -2.46. The zero-order chi connectivity index (χ0) is 19.8. The van der Waals surface area contributed by atoms with Crippen LogP contribution in [-0.2, 0) is 13.6 Å². The van der Waals surface area contributed by atoms with Crippen LogP contribution in [0.2, 0.25) is 5.02 Å². The van der Waals surface area contributed by atoms with Gasteiger partial charge in [-0.1, -0.05) is 11.6 Å². The van der Waals surface area contributed by atoms with Gasteiger partial charge in [-0.05, 0) is 17.7 Å². The lowest BCUT2D eigenvalue weighted by atomic mass is 10.1. The first-order chi connectivity index (χ1) is 14.2. The van der Waals surface area contributed by atoms with Crippen molar-refractivity contribution in [1.82, 2.24) is 24.6 Å². The second-order valence-electron chi connectivity index (χ2n) is 7.42. The van der Waals surface area contributed by atoms with Gasteiger partial charge < -0.3 is 14.4 Å². The molecule has 5 rings (SSSR count). The molecule has 0 saturated carbocycles. The summed E-state index contributed by atoms with van der Waals surface area (Å²) in [6.45, 7) is 5.82. The Labute approximate surface area is 174 Å². The molecule has 1 fully saturated rings. The highest BCUT2D eigenvalue weighted by atomic mass is 35.5. The van der Waals surface area contributed by atoms with Crippen molar-refractivity contribution in [3.63, 3.8) is 0 Å². The smallest absolute Gasteiger partial charge is 0.179 e. The van der Waals surface area contributed by atoms with Crippen molar-refractivity contribution in [3.05, 3.63) is 35.2 Å². The van der Waals surface area contributed by atoms with E-state index in [1.165, 1.54) is 0 Å².